The van der Waals surface area contributed by atoms with Crippen molar-refractivity contribution < 1.29 is 37.1 Å². The Hall–Kier alpha value is -3.76. The van der Waals surface area contributed by atoms with Crippen LogP contribution in [0.1, 0.15) is 5.56 Å². The number of fused-ring (bicyclic) bond motifs is 1. The molecule has 0 aliphatic carbocycles. The molecule has 3 rings (SSSR count). The van der Waals surface area contributed by atoms with Crippen LogP contribution < -0.4 is 19.5 Å². The van der Waals surface area contributed by atoms with Gasteiger partial charge in [-0.25, -0.2) is 0 Å². The van der Waals surface area contributed by atoms with Gasteiger partial charge >= 0.3 is 6.36 Å². The molecule has 1 aliphatic heterocycles. The van der Waals surface area contributed by atoms with Gasteiger partial charge < -0.3 is 19.5 Å². The van der Waals surface area contributed by atoms with E-state index in [1.54, 1.807) is 0 Å². The number of anilines is 1. The molecule has 1 amide bonds. The van der Waals surface area contributed by atoms with Crippen molar-refractivity contribution in [2.24, 2.45) is 0 Å². The summed E-state index contributed by atoms with van der Waals surface area (Å²) in [7, 11) is 0. The lowest BCUT2D eigenvalue weighted by Gasteiger charge is -2.09. The van der Waals surface area contributed by atoms with Gasteiger partial charge in [0.25, 0.3) is 5.69 Å². The van der Waals surface area contributed by atoms with Crippen molar-refractivity contribution in [3.05, 3.63) is 58.2 Å². The Morgan fingerprint density at radius 3 is 2.43 bits per heavy atom. The molecule has 28 heavy (non-hydrogen) atoms. The Balaban J connectivity index is 1.70. The molecular weight excluding hydrogens is 385 g/mol. The summed E-state index contributed by atoms with van der Waals surface area (Å²) in [5.41, 5.74) is 0.0599. The fraction of sp³-hybridized carbons (Fsp3) is 0.118. The molecule has 0 saturated carbocycles. The number of amides is 1. The topological polar surface area (TPSA) is 99.9 Å². The minimum atomic E-state index is -4.81. The van der Waals surface area contributed by atoms with Gasteiger partial charge in [0.1, 0.15) is 5.75 Å². The number of hydrogen-bond acceptors (Lipinski definition) is 6. The number of nitro benzene ring substituents is 1. The van der Waals surface area contributed by atoms with E-state index in [0.717, 1.165) is 18.2 Å². The van der Waals surface area contributed by atoms with Gasteiger partial charge in [0, 0.05) is 11.8 Å². The van der Waals surface area contributed by atoms with Crippen molar-refractivity contribution >= 4 is 23.4 Å². The second-order valence-electron chi connectivity index (χ2n) is 5.42. The van der Waals surface area contributed by atoms with E-state index < -0.39 is 22.9 Å². The number of ether oxygens (including phenoxy) is 3. The average Bonchev–Trinajstić information content (AvgIpc) is 3.07. The monoisotopic (exact) mass is 396 g/mol. The number of nitrogens with zero attached hydrogens (tertiary/aromatic N) is 1. The Bertz CT molecular complexity index is 941. The van der Waals surface area contributed by atoms with Crippen LogP contribution in [0.15, 0.2) is 42.5 Å². The van der Waals surface area contributed by atoms with E-state index in [1.807, 2.05) is 0 Å². The van der Waals surface area contributed by atoms with Crippen molar-refractivity contribution in [3.8, 4) is 17.2 Å². The van der Waals surface area contributed by atoms with Crippen molar-refractivity contribution in [1.29, 1.82) is 0 Å². The first kappa shape index (κ1) is 19.0. The molecule has 0 radical (unpaired) electrons. The summed E-state index contributed by atoms with van der Waals surface area (Å²) in [4.78, 5) is 22.5. The summed E-state index contributed by atoms with van der Waals surface area (Å²) in [6.45, 7) is -0.0613. The third-order valence-electron chi connectivity index (χ3n) is 3.49. The zero-order valence-corrected chi connectivity index (χ0v) is 13.9. The van der Waals surface area contributed by atoms with Gasteiger partial charge in [-0.05, 0) is 36.4 Å². The lowest BCUT2D eigenvalue weighted by atomic mass is 10.1. The van der Waals surface area contributed by atoms with Crippen LogP contribution in [0.3, 0.4) is 0 Å². The molecule has 0 bridgehead atoms. The van der Waals surface area contributed by atoms with Crippen LogP contribution in [0.25, 0.3) is 6.08 Å². The fourth-order valence-corrected chi connectivity index (χ4v) is 2.33. The standard InChI is InChI=1S/C17H11F3N2O6/c18-17(19,20)28-12-4-2-11(3-5-12)21-16(23)6-1-10-7-14-15(27-9-26-14)8-13(10)22(24)25/h1-8H,9H2,(H,21,23)/b6-1+. The van der Waals surface area contributed by atoms with Gasteiger partial charge in [-0.3, -0.25) is 14.9 Å². The van der Waals surface area contributed by atoms with Gasteiger partial charge in [0.05, 0.1) is 16.6 Å². The summed E-state index contributed by atoms with van der Waals surface area (Å²) in [5.74, 6) is -0.533. The van der Waals surface area contributed by atoms with Gasteiger partial charge in [0.15, 0.2) is 11.5 Å². The van der Waals surface area contributed by atoms with E-state index in [2.05, 4.69) is 10.1 Å². The molecule has 0 atom stereocenters. The quantitative estimate of drug-likeness (QED) is 0.468. The number of benzene rings is 2. The normalized spacial score (nSPS) is 12.8. The van der Waals surface area contributed by atoms with Crippen LogP contribution in [-0.2, 0) is 4.79 Å². The minimum absolute atomic E-state index is 0.0613. The second-order valence-corrected chi connectivity index (χ2v) is 5.42. The summed E-state index contributed by atoms with van der Waals surface area (Å²) < 4.78 is 50.3. The van der Waals surface area contributed by atoms with Gasteiger partial charge in [-0.1, -0.05) is 0 Å². The van der Waals surface area contributed by atoms with E-state index in [4.69, 9.17) is 9.47 Å². The maximum atomic E-state index is 12.1. The number of carbonyl (C=O) groups is 1. The van der Waals surface area contributed by atoms with Crippen LogP contribution in [-0.4, -0.2) is 24.0 Å². The molecule has 2 aromatic carbocycles. The predicted molar refractivity (Wildman–Crippen MR) is 90.0 cm³/mol. The highest BCUT2D eigenvalue weighted by atomic mass is 19.4. The molecule has 0 spiro atoms. The number of alkyl halides is 3. The Kier molecular flexibility index (Phi) is 5.07. The molecule has 0 fully saturated rings. The van der Waals surface area contributed by atoms with Crippen molar-refractivity contribution in [2.75, 3.05) is 12.1 Å². The van der Waals surface area contributed by atoms with Crippen LogP contribution in [0.4, 0.5) is 24.5 Å². The van der Waals surface area contributed by atoms with Crippen LogP contribution >= 0.6 is 0 Å². The molecule has 8 nitrogen and oxygen atoms in total. The average molecular weight is 396 g/mol. The van der Waals surface area contributed by atoms with Crippen LogP contribution in [0, 0.1) is 10.1 Å². The summed E-state index contributed by atoms with van der Waals surface area (Å²) in [6.07, 6.45) is -2.55. The Morgan fingerprint density at radius 2 is 1.82 bits per heavy atom. The van der Waals surface area contributed by atoms with Crippen molar-refractivity contribution in [1.82, 2.24) is 0 Å². The van der Waals surface area contributed by atoms with Crippen LogP contribution in [0.5, 0.6) is 17.2 Å². The number of nitro groups is 1. The first-order valence-corrected chi connectivity index (χ1v) is 7.64. The molecule has 1 aliphatic rings. The van der Waals surface area contributed by atoms with Gasteiger partial charge in [-0.15, -0.1) is 13.2 Å². The SMILES string of the molecule is O=C(/C=C/c1cc2c(cc1[N+](=O)[O-])OCO2)Nc1ccc(OC(F)(F)F)cc1. The largest absolute Gasteiger partial charge is 0.573 e. The van der Waals surface area contributed by atoms with E-state index in [9.17, 15) is 28.1 Å². The molecule has 11 heteroatoms. The van der Waals surface area contributed by atoms with E-state index >= 15 is 0 Å². The molecule has 146 valence electrons. The van der Waals surface area contributed by atoms with E-state index in [1.165, 1.54) is 30.3 Å². The molecule has 0 aromatic heterocycles. The molecule has 2 aromatic rings. The van der Waals surface area contributed by atoms with Gasteiger partial charge in [0.2, 0.25) is 12.7 Å². The highest BCUT2D eigenvalue weighted by molar-refractivity contribution is 6.02. The van der Waals surface area contributed by atoms with E-state index in [0.29, 0.717) is 5.75 Å². The number of carbonyl (C=O) groups excluding carboxylic acids is 1. The molecule has 1 heterocycles. The summed E-state index contributed by atoms with van der Waals surface area (Å²) in [6, 6.07) is 7.07. The number of halogens is 3. The third-order valence-corrected chi connectivity index (χ3v) is 3.49. The smallest absolute Gasteiger partial charge is 0.454 e. The lowest BCUT2D eigenvalue weighted by Crippen LogP contribution is -2.17. The van der Waals surface area contributed by atoms with Crippen molar-refractivity contribution in [3.63, 3.8) is 0 Å². The second kappa shape index (κ2) is 7.47. The third kappa shape index (κ3) is 4.69. The molecule has 1 N–H and O–H groups in total. The maximum absolute atomic E-state index is 12.1. The maximum Gasteiger partial charge on any atom is 0.573 e. The zero-order chi connectivity index (χ0) is 20.3. The fourth-order valence-electron chi connectivity index (χ4n) is 2.33. The lowest BCUT2D eigenvalue weighted by molar-refractivity contribution is -0.385. The highest BCUT2D eigenvalue weighted by Crippen LogP contribution is 2.38. The molecule has 0 unspecified atom stereocenters. The van der Waals surface area contributed by atoms with Crippen molar-refractivity contribution in [2.45, 2.75) is 6.36 Å². The first-order valence-electron chi connectivity index (χ1n) is 7.64. The predicted octanol–water partition coefficient (Wildman–Crippen LogP) is 3.87. The first-order chi connectivity index (χ1) is 13.2. The zero-order valence-electron chi connectivity index (χ0n) is 13.9. The molecular formula is C17H11F3N2O6. The number of rotatable bonds is 5. The van der Waals surface area contributed by atoms with Crippen LogP contribution in [0.2, 0.25) is 0 Å². The van der Waals surface area contributed by atoms with E-state index in [-0.39, 0.29) is 29.5 Å². The summed E-state index contributed by atoms with van der Waals surface area (Å²) >= 11 is 0. The Morgan fingerprint density at radius 1 is 1.18 bits per heavy atom. The number of nitrogens with one attached hydrogen (secondary N) is 1. The minimum Gasteiger partial charge on any atom is -0.454 e. The highest BCUT2D eigenvalue weighted by Gasteiger charge is 2.31. The van der Waals surface area contributed by atoms with Gasteiger partial charge in [-0.2, -0.15) is 0 Å². The molecule has 0 saturated heterocycles. The summed E-state index contributed by atoms with van der Waals surface area (Å²) in [5, 5.41) is 13.6. The number of hydrogen-bond donors (Lipinski definition) is 1. The Labute approximate surface area is 155 Å².